The Balaban J connectivity index is 0. The topological polar surface area (TPSA) is 92.7 Å². The molecule has 0 aliphatic heterocycles. The van der Waals surface area contributed by atoms with Gasteiger partial charge in [-0.2, -0.15) is 0 Å². The SMILES string of the molecule is CC(=CCCCN(C)C)C(N)=O.CC(=CCCCN(C)C)C(N)=O. The molecule has 0 unspecified atom stereocenters. The number of primary amides is 2. The zero-order chi connectivity index (χ0) is 19.1. The van der Waals surface area contributed by atoms with E-state index < -0.39 is 0 Å². The van der Waals surface area contributed by atoms with Crippen LogP contribution in [-0.4, -0.2) is 62.9 Å². The average Bonchev–Trinajstić information content (AvgIpc) is 2.47. The fourth-order valence-corrected chi connectivity index (χ4v) is 1.65. The Morgan fingerprint density at radius 1 is 0.750 bits per heavy atom. The van der Waals surface area contributed by atoms with Crippen LogP contribution in [0.5, 0.6) is 0 Å². The van der Waals surface area contributed by atoms with Gasteiger partial charge in [-0.05, 0) is 80.8 Å². The average molecular weight is 341 g/mol. The summed E-state index contributed by atoms with van der Waals surface area (Å²) in [5, 5.41) is 0. The van der Waals surface area contributed by atoms with Crippen molar-refractivity contribution in [3.05, 3.63) is 23.3 Å². The first-order valence-corrected chi connectivity index (χ1v) is 8.30. The molecule has 2 amide bonds. The van der Waals surface area contributed by atoms with E-state index in [2.05, 4.69) is 9.80 Å². The smallest absolute Gasteiger partial charge is 0.244 e. The molecule has 0 saturated carbocycles. The molecule has 6 heteroatoms. The van der Waals surface area contributed by atoms with Gasteiger partial charge in [0.05, 0.1) is 0 Å². The number of amides is 2. The summed E-state index contributed by atoms with van der Waals surface area (Å²) in [5.74, 6) is -0.639. The number of nitrogens with two attached hydrogens (primary N) is 2. The van der Waals surface area contributed by atoms with Gasteiger partial charge in [-0.3, -0.25) is 9.59 Å². The zero-order valence-corrected chi connectivity index (χ0v) is 16.3. The fraction of sp³-hybridized carbons (Fsp3) is 0.667. The second-order valence-corrected chi connectivity index (χ2v) is 6.39. The maximum atomic E-state index is 10.6. The van der Waals surface area contributed by atoms with Crippen LogP contribution in [-0.2, 0) is 9.59 Å². The van der Waals surface area contributed by atoms with Gasteiger partial charge in [-0.25, -0.2) is 0 Å². The first kappa shape index (κ1) is 24.6. The number of allylic oxidation sites excluding steroid dienone is 2. The van der Waals surface area contributed by atoms with E-state index in [1.807, 2.05) is 40.3 Å². The van der Waals surface area contributed by atoms with Crippen LogP contribution in [0.3, 0.4) is 0 Å². The van der Waals surface area contributed by atoms with Gasteiger partial charge in [0.1, 0.15) is 0 Å². The minimum atomic E-state index is -0.320. The van der Waals surface area contributed by atoms with Crippen LogP contribution in [0.2, 0.25) is 0 Å². The summed E-state index contributed by atoms with van der Waals surface area (Å²) in [4.78, 5) is 25.4. The van der Waals surface area contributed by atoms with Crippen LogP contribution in [0.15, 0.2) is 23.3 Å². The molecule has 140 valence electrons. The molecule has 0 aliphatic rings. The maximum Gasteiger partial charge on any atom is 0.244 e. The van der Waals surface area contributed by atoms with Crippen molar-refractivity contribution < 1.29 is 9.59 Å². The second-order valence-electron chi connectivity index (χ2n) is 6.39. The Labute approximate surface area is 147 Å². The van der Waals surface area contributed by atoms with Crippen molar-refractivity contribution in [2.24, 2.45) is 11.5 Å². The van der Waals surface area contributed by atoms with E-state index in [0.717, 1.165) is 38.8 Å². The number of carbonyl (C=O) groups is 2. The summed E-state index contributed by atoms with van der Waals surface area (Å²) in [7, 11) is 8.13. The predicted molar refractivity (Wildman–Crippen MR) is 101 cm³/mol. The lowest BCUT2D eigenvalue weighted by atomic mass is 10.2. The van der Waals surface area contributed by atoms with Gasteiger partial charge in [0.25, 0.3) is 0 Å². The molecular weight excluding hydrogens is 304 g/mol. The highest BCUT2D eigenvalue weighted by Crippen LogP contribution is 1.98. The van der Waals surface area contributed by atoms with Crippen LogP contribution < -0.4 is 11.5 Å². The molecule has 0 fully saturated rings. The maximum absolute atomic E-state index is 10.6. The first-order valence-electron chi connectivity index (χ1n) is 8.30. The second kappa shape index (κ2) is 14.9. The van der Waals surface area contributed by atoms with Crippen molar-refractivity contribution in [1.29, 1.82) is 0 Å². The normalized spacial score (nSPS) is 12.2. The van der Waals surface area contributed by atoms with E-state index in [0.29, 0.717) is 11.1 Å². The minimum absolute atomic E-state index is 0.320. The predicted octanol–water partition coefficient (Wildman–Crippen LogP) is 1.52. The summed E-state index contributed by atoms with van der Waals surface area (Å²) in [6.07, 6.45) is 7.77. The summed E-state index contributed by atoms with van der Waals surface area (Å²) < 4.78 is 0. The summed E-state index contributed by atoms with van der Waals surface area (Å²) in [5.41, 5.74) is 11.4. The Kier molecular flexibility index (Phi) is 15.3. The minimum Gasteiger partial charge on any atom is -0.366 e. The highest BCUT2D eigenvalue weighted by Gasteiger charge is 1.96. The lowest BCUT2D eigenvalue weighted by molar-refractivity contribution is -0.115. The van der Waals surface area contributed by atoms with Crippen LogP contribution in [0, 0.1) is 0 Å². The monoisotopic (exact) mass is 340 g/mol. The van der Waals surface area contributed by atoms with Crippen LogP contribution >= 0.6 is 0 Å². The third-order valence-electron chi connectivity index (χ3n) is 3.30. The highest BCUT2D eigenvalue weighted by molar-refractivity contribution is 5.91. The molecular formula is C18H36N4O2. The molecule has 0 heterocycles. The van der Waals surface area contributed by atoms with Gasteiger partial charge in [0.15, 0.2) is 0 Å². The van der Waals surface area contributed by atoms with Crippen molar-refractivity contribution in [2.45, 2.75) is 39.5 Å². The Morgan fingerprint density at radius 3 is 1.25 bits per heavy atom. The van der Waals surface area contributed by atoms with Crippen molar-refractivity contribution in [3.8, 4) is 0 Å². The molecule has 24 heavy (non-hydrogen) atoms. The van der Waals surface area contributed by atoms with Crippen molar-refractivity contribution in [3.63, 3.8) is 0 Å². The summed E-state index contributed by atoms with van der Waals surface area (Å²) >= 11 is 0. The third-order valence-corrected chi connectivity index (χ3v) is 3.30. The molecule has 0 atom stereocenters. The van der Waals surface area contributed by atoms with E-state index >= 15 is 0 Å². The number of hydrogen-bond acceptors (Lipinski definition) is 4. The third kappa shape index (κ3) is 18.4. The highest BCUT2D eigenvalue weighted by atomic mass is 16.1. The molecule has 0 bridgehead atoms. The number of carbonyl (C=O) groups excluding carboxylic acids is 2. The molecule has 0 aromatic carbocycles. The van der Waals surface area contributed by atoms with Crippen LogP contribution in [0.1, 0.15) is 39.5 Å². The molecule has 0 saturated heterocycles. The molecule has 4 N–H and O–H groups in total. The van der Waals surface area contributed by atoms with E-state index in [-0.39, 0.29) is 11.8 Å². The van der Waals surface area contributed by atoms with E-state index in [1.165, 1.54) is 0 Å². The summed E-state index contributed by atoms with van der Waals surface area (Å²) in [6.45, 7) is 5.58. The molecule has 0 aliphatic carbocycles. The first-order chi connectivity index (χ1) is 11.1. The van der Waals surface area contributed by atoms with Gasteiger partial charge in [-0.15, -0.1) is 0 Å². The molecule has 0 radical (unpaired) electrons. The van der Waals surface area contributed by atoms with Gasteiger partial charge < -0.3 is 21.3 Å². The van der Waals surface area contributed by atoms with Crippen molar-refractivity contribution in [2.75, 3.05) is 41.3 Å². The van der Waals surface area contributed by atoms with Gasteiger partial charge >= 0.3 is 0 Å². The van der Waals surface area contributed by atoms with E-state index in [4.69, 9.17) is 11.5 Å². The van der Waals surface area contributed by atoms with Gasteiger partial charge in [-0.1, -0.05) is 12.2 Å². The van der Waals surface area contributed by atoms with Crippen molar-refractivity contribution >= 4 is 11.8 Å². The van der Waals surface area contributed by atoms with E-state index in [9.17, 15) is 9.59 Å². The Bertz CT molecular complexity index is 387. The number of unbranched alkanes of at least 4 members (excludes halogenated alkanes) is 2. The Hall–Kier alpha value is -1.66. The van der Waals surface area contributed by atoms with Crippen LogP contribution in [0.25, 0.3) is 0 Å². The lowest BCUT2D eigenvalue weighted by Gasteiger charge is -2.06. The fourth-order valence-electron chi connectivity index (χ4n) is 1.65. The van der Waals surface area contributed by atoms with Gasteiger partial charge in [0.2, 0.25) is 11.8 Å². The zero-order valence-electron chi connectivity index (χ0n) is 16.3. The quantitative estimate of drug-likeness (QED) is 0.466. The largest absolute Gasteiger partial charge is 0.366 e. The Morgan fingerprint density at radius 2 is 1.04 bits per heavy atom. The summed E-state index contributed by atoms with van der Waals surface area (Å²) in [6, 6.07) is 0. The lowest BCUT2D eigenvalue weighted by Crippen LogP contribution is -2.13. The molecule has 0 spiro atoms. The molecule has 6 nitrogen and oxygen atoms in total. The van der Waals surface area contributed by atoms with E-state index in [1.54, 1.807) is 13.8 Å². The number of nitrogens with zero attached hydrogens (tertiary/aromatic N) is 2. The van der Waals surface area contributed by atoms with Gasteiger partial charge in [0, 0.05) is 11.1 Å². The van der Waals surface area contributed by atoms with Crippen molar-refractivity contribution in [1.82, 2.24) is 9.80 Å². The number of rotatable bonds is 10. The standard InChI is InChI=1S/2C9H18N2O/c2*1-8(9(10)12)6-4-5-7-11(2)3/h2*6H,4-5,7H2,1-3H3,(H2,10,12). The molecule has 0 aromatic rings. The molecule has 0 aromatic heterocycles. The molecule has 0 rings (SSSR count). The van der Waals surface area contributed by atoms with Crippen LogP contribution in [0.4, 0.5) is 0 Å². The number of hydrogen-bond donors (Lipinski definition) is 2.